The number of dihydropyridines is 1. The van der Waals surface area contributed by atoms with Crippen LogP contribution in [0.4, 0.5) is 0 Å². The second-order valence-corrected chi connectivity index (χ2v) is 11.1. The molecule has 0 spiro atoms. The molecule has 44 heavy (non-hydrogen) atoms. The smallest absolute Gasteiger partial charge is 0.238 e. The van der Waals surface area contributed by atoms with Gasteiger partial charge < -0.3 is 4.57 Å². The summed E-state index contributed by atoms with van der Waals surface area (Å²) in [5, 5.41) is 4.69. The van der Waals surface area contributed by atoms with Gasteiger partial charge in [-0.1, -0.05) is 103 Å². The van der Waals surface area contributed by atoms with Crippen molar-refractivity contribution in [1.82, 2.24) is 24.1 Å². The van der Waals surface area contributed by atoms with Crippen molar-refractivity contribution in [2.75, 3.05) is 6.54 Å². The first-order valence-electron chi connectivity index (χ1n) is 14.8. The Morgan fingerprint density at radius 1 is 0.545 bits per heavy atom. The number of hydrogen-bond donors (Lipinski definition) is 0. The quantitative estimate of drug-likeness (QED) is 0.215. The molecular formula is C38H26N6. The first-order valence-corrected chi connectivity index (χ1v) is 14.8. The molecule has 1 unspecified atom stereocenters. The average molecular weight is 567 g/mol. The summed E-state index contributed by atoms with van der Waals surface area (Å²) >= 11 is 0. The van der Waals surface area contributed by atoms with Gasteiger partial charge in [0.15, 0.2) is 5.82 Å². The highest BCUT2D eigenvalue weighted by atomic mass is 15.2. The van der Waals surface area contributed by atoms with E-state index in [1.54, 1.807) is 0 Å². The highest BCUT2D eigenvalue weighted by molar-refractivity contribution is 6.23. The second kappa shape index (κ2) is 9.85. The summed E-state index contributed by atoms with van der Waals surface area (Å²) in [6.45, 7) is 0.605. The Labute approximate surface area is 253 Å². The lowest BCUT2D eigenvalue weighted by molar-refractivity contribution is 0.750. The maximum absolute atomic E-state index is 5.19. The van der Waals surface area contributed by atoms with E-state index in [0.717, 1.165) is 44.1 Å². The van der Waals surface area contributed by atoms with Crippen molar-refractivity contribution in [3.8, 4) is 23.0 Å². The van der Waals surface area contributed by atoms with Crippen molar-refractivity contribution in [1.29, 1.82) is 0 Å². The lowest BCUT2D eigenvalue weighted by atomic mass is 10.1. The van der Waals surface area contributed by atoms with Gasteiger partial charge in [-0.2, -0.15) is 9.97 Å². The molecule has 1 atom stereocenters. The largest absolute Gasteiger partial charge is 0.307 e. The predicted octanol–water partition coefficient (Wildman–Crippen LogP) is 8.46. The summed E-state index contributed by atoms with van der Waals surface area (Å²) < 4.78 is 4.61. The van der Waals surface area contributed by atoms with Gasteiger partial charge in [-0.25, -0.2) is 4.98 Å². The second-order valence-electron chi connectivity index (χ2n) is 11.1. The zero-order chi connectivity index (χ0) is 29.0. The Hall–Kier alpha value is -5.88. The molecule has 4 heterocycles. The molecule has 0 bridgehead atoms. The number of para-hydroxylation sites is 3. The molecular weight excluding hydrogens is 540 g/mol. The number of fused-ring (bicyclic) bond motifs is 7. The molecule has 0 aliphatic carbocycles. The fraction of sp³-hybridized carbons (Fsp3) is 0.0526. The summed E-state index contributed by atoms with van der Waals surface area (Å²) in [5.74, 6) is 1.92. The van der Waals surface area contributed by atoms with Crippen molar-refractivity contribution < 1.29 is 0 Å². The highest BCUT2D eigenvalue weighted by Crippen LogP contribution is 2.41. The minimum Gasteiger partial charge on any atom is -0.307 e. The Bertz CT molecular complexity index is 2420. The van der Waals surface area contributed by atoms with E-state index in [-0.39, 0.29) is 5.92 Å². The minimum absolute atomic E-state index is 0.0342. The monoisotopic (exact) mass is 566 g/mol. The van der Waals surface area contributed by atoms with E-state index in [1.165, 1.54) is 10.8 Å². The van der Waals surface area contributed by atoms with Crippen molar-refractivity contribution in [3.05, 3.63) is 139 Å². The Morgan fingerprint density at radius 2 is 1.16 bits per heavy atom. The maximum Gasteiger partial charge on any atom is 0.238 e. The molecule has 0 N–H and O–H groups in total. The molecule has 3 aromatic heterocycles. The van der Waals surface area contributed by atoms with E-state index in [2.05, 4.69) is 123 Å². The van der Waals surface area contributed by atoms with Crippen molar-refractivity contribution >= 4 is 49.8 Å². The van der Waals surface area contributed by atoms with Crippen LogP contribution in [0.3, 0.4) is 0 Å². The Kier molecular flexibility index (Phi) is 5.53. The zero-order valence-corrected chi connectivity index (χ0v) is 23.7. The third-order valence-corrected chi connectivity index (χ3v) is 8.52. The van der Waals surface area contributed by atoms with Crippen LogP contribution >= 0.6 is 0 Å². The summed E-state index contributed by atoms with van der Waals surface area (Å²) in [6.07, 6.45) is 5.93. The molecule has 0 amide bonds. The highest BCUT2D eigenvalue weighted by Gasteiger charge is 2.24. The average Bonchev–Trinajstić information content (AvgIpc) is 3.62. The third-order valence-electron chi connectivity index (χ3n) is 8.52. The molecule has 0 saturated heterocycles. The molecule has 5 aromatic carbocycles. The predicted molar refractivity (Wildman–Crippen MR) is 179 cm³/mol. The van der Waals surface area contributed by atoms with Crippen LogP contribution in [0.1, 0.15) is 11.7 Å². The molecule has 208 valence electrons. The fourth-order valence-corrected chi connectivity index (χ4v) is 6.56. The molecule has 0 saturated carbocycles. The van der Waals surface area contributed by atoms with E-state index in [9.17, 15) is 0 Å². The SMILES string of the molecule is C1=CC(c2nc(-c3ccccc3)nc(-n3c4ccccc4c4ccc5c6ccccc6n(-c6ccccc6)c5c43)n2)CN=C1. The Balaban J connectivity index is 1.45. The van der Waals surface area contributed by atoms with Gasteiger partial charge in [0.1, 0.15) is 5.82 Å². The van der Waals surface area contributed by atoms with E-state index in [1.807, 2.05) is 30.5 Å². The van der Waals surface area contributed by atoms with Gasteiger partial charge in [-0.3, -0.25) is 9.56 Å². The summed E-state index contributed by atoms with van der Waals surface area (Å²) in [4.78, 5) is 19.9. The van der Waals surface area contributed by atoms with Crippen LogP contribution < -0.4 is 0 Å². The Morgan fingerprint density at radius 3 is 1.84 bits per heavy atom. The number of rotatable bonds is 4. The van der Waals surface area contributed by atoms with Crippen LogP contribution in [-0.2, 0) is 0 Å². The van der Waals surface area contributed by atoms with Crippen molar-refractivity contribution in [3.63, 3.8) is 0 Å². The van der Waals surface area contributed by atoms with Crippen LogP contribution in [0.25, 0.3) is 66.6 Å². The number of benzene rings is 5. The standard InChI is InChI=1S/C38H26N6/c1-3-12-25(13-4-1)36-40-37(26-14-11-23-39-24-26)42-38(41-36)44-33-20-10-8-18-29(33)31-22-21-30-28-17-7-9-19-32(28)43(34(30)35(31)44)27-15-5-2-6-16-27/h1-23,26H,24H2. The fourth-order valence-electron chi connectivity index (χ4n) is 6.56. The van der Waals surface area contributed by atoms with Crippen LogP contribution in [0, 0.1) is 0 Å². The number of hydrogen-bond acceptors (Lipinski definition) is 4. The van der Waals surface area contributed by atoms with Gasteiger partial charge in [-0.05, 0) is 30.3 Å². The topological polar surface area (TPSA) is 60.9 Å². The molecule has 1 aliphatic rings. The molecule has 8 aromatic rings. The van der Waals surface area contributed by atoms with Gasteiger partial charge in [0.2, 0.25) is 5.95 Å². The minimum atomic E-state index is -0.0342. The number of aromatic nitrogens is 5. The van der Waals surface area contributed by atoms with Crippen LogP contribution in [0.2, 0.25) is 0 Å². The van der Waals surface area contributed by atoms with Crippen LogP contribution in [0.15, 0.2) is 138 Å². The molecule has 1 aliphatic heterocycles. The van der Waals surface area contributed by atoms with E-state index < -0.39 is 0 Å². The molecule has 0 fully saturated rings. The lowest BCUT2D eigenvalue weighted by Crippen LogP contribution is -2.13. The lowest BCUT2D eigenvalue weighted by Gasteiger charge is -2.16. The van der Waals surface area contributed by atoms with Crippen LogP contribution in [0.5, 0.6) is 0 Å². The van der Waals surface area contributed by atoms with Gasteiger partial charge in [0.25, 0.3) is 0 Å². The van der Waals surface area contributed by atoms with E-state index >= 15 is 0 Å². The maximum atomic E-state index is 5.19. The number of aliphatic imine (C=N–C) groups is 1. The normalized spacial score (nSPS) is 14.8. The number of allylic oxidation sites excluding steroid dienone is 1. The summed E-state index contributed by atoms with van der Waals surface area (Å²) in [5.41, 5.74) is 6.45. The van der Waals surface area contributed by atoms with Crippen molar-refractivity contribution in [2.45, 2.75) is 5.92 Å². The summed E-state index contributed by atoms with van der Waals surface area (Å²) in [7, 11) is 0. The first kappa shape index (κ1) is 24.7. The molecule has 6 heteroatoms. The number of nitrogens with zero attached hydrogens (tertiary/aromatic N) is 6. The van der Waals surface area contributed by atoms with Gasteiger partial charge >= 0.3 is 0 Å². The molecule has 6 nitrogen and oxygen atoms in total. The van der Waals surface area contributed by atoms with Gasteiger partial charge in [0, 0.05) is 39.0 Å². The first-order chi connectivity index (χ1) is 21.8. The van der Waals surface area contributed by atoms with Gasteiger partial charge in [0.05, 0.1) is 34.5 Å². The van der Waals surface area contributed by atoms with Crippen LogP contribution in [-0.4, -0.2) is 36.8 Å². The van der Waals surface area contributed by atoms with E-state index in [0.29, 0.717) is 24.1 Å². The molecule has 0 radical (unpaired) electrons. The van der Waals surface area contributed by atoms with Crippen molar-refractivity contribution in [2.24, 2.45) is 4.99 Å². The summed E-state index contributed by atoms with van der Waals surface area (Å²) in [6, 6.07) is 42.4. The zero-order valence-electron chi connectivity index (χ0n) is 23.7. The third kappa shape index (κ3) is 3.74. The van der Waals surface area contributed by atoms with E-state index in [4.69, 9.17) is 15.0 Å². The van der Waals surface area contributed by atoms with Gasteiger partial charge in [-0.15, -0.1) is 0 Å². The molecule has 9 rings (SSSR count).